The van der Waals surface area contributed by atoms with Crippen LogP contribution >= 0.6 is 23.2 Å². The van der Waals surface area contributed by atoms with E-state index in [0.717, 1.165) is 17.5 Å². The van der Waals surface area contributed by atoms with Gasteiger partial charge in [-0.05, 0) is 23.3 Å². The molecular formula is C14H13Cl2N3O. The molecule has 2 heterocycles. The van der Waals surface area contributed by atoms with E-state index in [-0.39, 0.29) is 0 Å². The molecule has 2 aromatic heterocycles. The fraction of sp³-hybridized carbons (Fsp3) is 0.214. The number of nitrogens with zero attached hydrogens (tertiary/aromatic N) is 3. The monoisotopic (exact) mass is 309 g/mol. The highest BCUT2D eigenvalue weighted by atomic mass is 35.5. The summed E-state index contributed by atoms with van der Waals surface area (Å²) >= 11 is 11.4. The van der Waals surface area contributed by atoms with E-state index in [9.17, 15) is 0 Å². The van der Waals surface area contributed by atoms with Crippen molar-refractivity contribution >= 4 is 29.4 Å². The summed E-state index contributed by atoms with van der Waals surface area (Å²) in [7, 11) is 0. The predicted octanol–water partition coefficient (Wildman–Crippen LogP) is 3.57. The average Bonchev–Trinajstić information content (AvgIpc) is 2.46. The summed E-state index contributed by atoms with van der Waals surface area (Å²) in [6.45, 7) is 0.499. The molecule has 0 radical (unpaired) electrons. The number of hydrogen-bond acceptors (Lipinski definition) is 4. The lowest BCUT2D eigenvalue weighted by Crippen LogP contribution is -1.96. The molecule has 0 spiro atoms. The van der Waals surface area contributed by atoms with Crippen LogP contribution in [-0.2, 0) is 17.7 Å². The molecule has 4 nitrogen and oxygen atoms in total. The van der Waals surface area contributed by atoms with Crippen LogP contribution in [0, 0.1) is 0 Å². The number of halogens is 2. The lowest BCUT2D eigenvalue weighted by molar-refractivity contribution is 0.148. The standard InChI is InChI=1S/C14H13Cl2N3O/c15-13-3-1-11(9-17-13)5-7-19-20-8-6-12-2-4-14(16)18-10-12/h1-4,7,9-10H,5-6,8H2. The smallest absolute Gasteiger partial charge is 0.129 e. The zero-order valence-electron chi connectivity index (χ0n) is 10.7. The quantitative estimate of drug-likeness (QED) is 0.355. The topological polar surface area (TPSA) is 47.4 Å². The summed E-state index contributed by atoms with van der Waals surface area (Å²) in [4.78, 5) is 13.2. The van der Waals surface area contributed by atoms with E-state index in [4.69, 9.17) is 28.0 Å². The Morgan fingerprint density at radius 3 is 2.25 bits per heavy atom. The predicted molar refractivity (Wildman–Crippen MR) is 80.3 cm³/mol. The molecule has 2 rings (SSSR count). The molecular weight excluding hydrogens is 297 g/mol. The maximum atomic E-state index is 5.70. The number of oxime groups is 1. The molecule has 0 bridgehead atoms. The van der Waals surface area contributed by atoms with Gasteiger partial charge in [-0.15, -0.1) is 0 Å². The van der Waals surface area contributed by atoms with Gasteiger partial charge in [-0.2, -0.15) is 0 Å². The molecule has 0 amide bonds. The molecule has 20 heavy (non-hydrogen) atoms. The second-order valence-corrected chi connectivity index (χ2v) is 4.83. The molecule has 0 atom stereocenters. The Labute approximate surface area is 127 Å². The summed E-state index contributed by atoms with van der Waals surface area (Å²) in [6, 6.07) is 7.33. The summed E-state index contributed by atoms with van der Waals surface area (Å²) in [5, 5.41) is 4.86. The van der Waals surface area contributed by atoms with Crippen LogP contribution in [0.5, 0.6) is 0 Å². The minimum atomic E-state index is 0.485. The maximum absolute atomic E-state index is 5.70. The Hall–Kier alpha value is -1.65. The van der Waals surface area contributed by atoms with Crippen molar-refractivity contribution in [3.8, 4) is 0 Å². The molecule has 0 aromatic carbocycles. The highest BCUT2D eigenvalue weighted by Gasteiger charge is 1.95. The van der Waals surface area contributed by atoms with Gasteiger partial charge in [0.25, 0.3) is 0 Å². The Balaban J connectivity index is 1.66. The van der Waals surface area contributed by atoms with E-state index in [1.165, 1.54) is 0 Å². The molecule has 104 valence electrons. The number of hydrogen-bond donors (Lipinski definition) is 0. The second kappa shape index (κ2) is 7.82. The first kappa shape index (κ1) is 14.8. The van der Waals surface area contributed by atoms with E-state index < -0.39 is 0 Å². The van der Waals surface area contributed by atoms with Crippen LogP contribution < -0.4 is 0 Å². The zero-order chi connectivity index (χ0) is 14.2. The third kappa shape index (κ3) is 5.15. The minimum Gasteiger partial charge on any atom is -0.396 e. The molecule has 0 aliphatic rings. The first-order chi connectivity index (χ1) is 9.74. The van der Waals surface area contributed by atoms with Crippen molar-refractivity contribution in [2.75, 3.05) is 6.61 Å². The van der Waals surface area contributed by atoms with Crippen LogP contribution in [0.25, 0.3) is 0 Å². The van der Waals surface area contributed by atoms with Crippen LogP contribution in [0.15, 0.2) is 41.8 Å². The summed E-state index contributed by atoms with van der Waals surface area (Å²) in [6.07, 6.45) is 6.55. The molecule has 0 aliphatic carbocycles. The fourth-order valence-corrected chi connectivity index (χ4v) is 1.72. The first-order valence-electron chi connectivity index (χ1n) is 6.09. The zero-order valence-corrected chi connectivity index (χ0v) is 12.2. The van der Waals surface area contributed by atoms with Crippen molar-refractivity contribution < 1.29 is 4.84 Å². The van der Waals surface area contributed by atoms with Gasteiger partial charge in [0.05, 0.1) is 0 Å². The van der Waals surface area contributed by atoms with Crippen LogP contribution in [0.4, 0.5) is 0 Å². The summed E-state index contributed by atoms with van der Waals surface area (Å²) in [5.74, 6) is 0. The molecule has 0 saturated carbocycles. The third-order valence-electron chi connectivity index (χ3n) is 2.54. The van der Waals surface area contributed by atoms with Gasteiger partial charge in [-0.3, -0.25) is 0 Å². The lowest BCUT2D eigenvalue weighted by Gasteiger charge is -2.00. The van der Waals surface area contributed by atoms with Crippen molar-refractivity contribution in [2.45, 2.75) is 12.8 Å². The van der Waals surface area contributed by atoms with Crippen LogP contribution in [0.1, 0.15) is 11.1 Å². The Morgan fingerprint density at radius 1 is 1.00 bits per heavy atom. The van der Waals surface area contributed by atoms with E-state index in [1.807, 2.05) is 12.1 Å². The minimum absolute atomic E-state index is 0.485. The van der Waals surface area contributed by atoms with Gasteiger partial charge in [0.2, 0.25) is 0 Å². The van der Waals surface area contributed by atoms with Gasteiger partial charge in [0.15, 0.2) is 0 Å². The van der Waals surface area contributed by atoms with Crippen molar-refractivity contribution in [3.05, 3.63) is 58.1 Å². The Morgan fingerprint density at radius 2 is 1.65 bits per heavy atom. The molecule has 0 unspecified atom stereocenters. The second-order valence-electron chi connectivity index (χ2n) is 4.05. The highest BCUT2D eigenvalue weighted by molar-refractivity contribution is 6.29. The molecule has 0 N–H and O–H groups in total. The van der Waals surface area contributed by atoms with Gasteiger partial charge in [-0.25, -0.2) is 9.97 Å². The number of rotatable bonds is 6. The van der Waals surface area contributed by atoms with Gasteiger partial charge in [0.1, 0.15) is 16.9 Å². The molecule has 0 saturated heterocycles. The van der Waals surface area contributed by atoms with E-state index >= 15 is 0 Å². The van der Waals surface area contributed by atoms with E-state index in [1.54, 1.807) is 30.7 Å². The fourth-order valence-electron chi connectivity index (χ4n) is 1.49. The van der Waals surface area contributed by atoms with Crippen LogP contribution in [0.2, 0.25) is 10.3 Å². The van der Waals surface area contributed by atoms with Gasteiger partial charge >= 0.3 is 0 Å². The SMILES string of the molecule is Clc1ccc(CC=NOCCc2ccc(Cl)nc2)cn1. The molecule has 0 aliphatic heterocycles. The van der Waals surface area contributed by atoms with E-state index in [0.29, 0.717) is 23.3 Å². The molecule has 2 aromatic rings. The molecule has 0 fully saturated rings. The van der Waals surface area contributed by atoms with Crippen LogP contribution in [0.3, 0.4) is 0 Å². The molecule has 6 heteroatoms. The largest absolute Gasteiger partial charge is 0.396 e. The third-order valence-corrected chi connectivity index (χ3v) is 2.98. The number of aromatic nitrogens is 2. The highest BCUT2D eigenvalue weighted by Crippen LogP contribution is 2.06. The van der Waals surface area contributed by atoms with Crippen molar-refractivity contribution in [2.24, 2.45) is 5.16 Å². The van der Waals surface area contributed by atoms with Crippen molar-refractivity contribution in [1.82, 2.24) is 9.97 Å². The Kier molecular flexibility index (Phi) is 5.77. The summed E-state index contributed by atoms with van der Waals surface area (Å²) < 4.78 is 0. The van der Waals surface area contributed by atoms with Crippen LogP contribution in [-0.4, -0.2) is 22.8 Å². The lowest BCUT2D eigenvalue weighted by atomic mass is 10.2. The Bertz CT molecular complexity index is 556. The van der Waals surface area contributed by atoms with Gasteiger partial charge < -0.3 is 4.84 Å². The van der Waals surface area contributed by atoms with Gasteiger partial charge in [0, 0.05) is 31.4 Å². The van der Waals surface area contributed by atoms with Crippen molar-refractivity contribution in [1.29, 1.82) is 0 Å². The van der Waals surface area contributed by atoms with Gasteiger partial charge in [-0.1, -0.05) is 40.5 Å². The average molecular weight is 310 g/mol. The normalized spacial score (nSPS) is 10.9. The maximum Gasteiger partial charge on any atom is 0.129 e. The van der Waals surface area contributed by atoms with E-state index in [2.05, 4.69) is 15.1 Å². The number of pyridine rings is 2. The van der Waals surface area contributed by atoms with Crippen molar-refractivity contribution in [3.63, 3.8) is 0 Å². The summed E-state index contributed by atoms with van der Waals surface area (Å²) in [5.41, 5.74) is 2.09. The first-order valence-corrected chi connectivity index (χ1v) is 6.84.